The lowest BCUT2D eigenvalue weighted by Crippen LogP contribution is -2.27. The molecule has 1 heterocycles. The first-order valence-corrected chi connectivity index (χ1v) is 10.5. The number of aryl methyl sites for hydroxylation is 1. The molecule has 0 bridgehead atoms. The monoisotopic (exact) mass is 398 g/mol. The molecule has 1 aliphatic rings. The Hall–Kier alpha value is -3.18. The lowest BCUT2D eigenvalue weighted by molar-refractivity contribution is 0.0979. The van der Waals surface area contributed by atoms with Crippen LogP contribution < -0.4 is 5.56 Å². The summed E-state index contributed by atoms with van der Waals surface area (Å²) in [6, 6.07) is 24.6. The summed E-state index contributed by atoms with van der Waals surface area (Å²) in [5, 5.41) is 0.867. The molecule has 0 radical (unpaired) electrons. The summed E-state index contributed by atoms with van der Waals surface area (Å²) in [4.78, 5) is 31.1. The van der Waals surface area contributed by atoms with E-state index in [1.807, 2.05) is 72.8 Å². The van der Waals surface area contributed by atoms with Crippen molar-refractivity contribution in [2.24, 2.45) is 0 Å². The normalized spacial score (nSPS) is 16.0. The summed E-state index contributed by atoms with van der Waals surface area (Å²) in [7, 11) is 0. The summed E-state index contributed by atoms with van der Waals surface area (Å²) in [6.07, 6.45) is 1.58. The molecule has 0 fully saturated rings. The molecule has 0 amide bonds. The number of fused-ring (bicyclic) bond motifs is 2. The Kier molecular flexibility index (Phi) is 4.52. The van der Waals surface area contributed by atoms with Gasteiger partial charge in [-0.1, -0.05) is 66.4 Å². The van der Waals surface area contributed by atoms with Crippen LogP contribution in [0, 0.1) is 0 Å². The number of Topliss-reactive ketones (excluding diaryl/α,β-unsaturated/α-hetero) is 1. The minimum Gasteiger partial charge on any atom is -0.293 e. The van der Waals surface area contributed by atoms with Crippen molar-refractivity contribution in [3.05, 3.63) is 100 Å². The van der Waals surface area contributed by atoms with Crippen molar-refractivity contribution in [3.63, 3.8) is 0 Å². The van der Waals surface area contributed by atoms with Gasteiger partial charge in [0.15, 0.2) is 10.9 Å². The van der Waals surface area contributed by atoms with Crippen molar-refractivity contribution in [2.45, 2.75) is 23.2 Å². The van der Waals surface area contributed by atoms with Gasteiger partial charge >= 0.3 is 0 Å². The lowest BCUT2D eigenvalue weighted by atomic mass is 9.90. The maximum absolute atomic E-state index is 13.3. The SMILES string of the molecule is O=C1c2ccccc2CC[C@H]1Sc1nc2ccccc2c(=O)n1-c1ccccc1. The van der Waals surface area contributed by atoms with Crippen LogP contribution in [0.25, 0.3) is 16.6 Å². The molecular weight excluding hydrogens is 380 g/mol. The van der Waals surface area contributed by atoms with Gasteiger partial charge in [0.25, 0.3) is 5.56 Å². The summed E-state index contributed by atoms with van der Waals surface area (Å²) in [6.45, 7) is 0. The third-order valence-corrected chi connectivity index (χ3v) is 6.48. The minimum atomic E-state index is -0.257. The van der Waals surface area contributed by atoms with Crippen molar-refractivity contribution in [3.8, 4) is 5.69 Å². The summed E-state index contributed by atoms with van der Waals surface area (Å²) < 4.78 is 1.63. The van der Waals surface area contributed by atoms with E-state index >= 15 is 0 Å². The molecule has 5 rings (SSSR count). The van der Waals surface area contributed by atoms with Crippen molar-refractivity contribution < 1.29 is 4.79 Å². The third-order valence-electron chi connectivity index (χ3n) is 5.26. The van der Waals surface area contributed by atoms with E-state index < -0.39 is 0 Å². The highest BCUT2D eigenvalue weighted by molar-refractivity contribution is 8.00. The van der Waals surface area contributed by atoms with Crippen molar-refractivity contribution in [1.29, 1.82) is 0 Å². The Balaban J connectivity index is 1.63. The fourth-order valence-electron chi connectivity index (χ4n) is 3.81. The zero-order chi connectivity index (χ0) is 19.8. The first-order chi connectivity index (χ1) is 14.2. The zero-order valence-electron chi connectivity index (χ0n) is 15.6. The lowest BCUT2D eigenvalue weighted by Gasteiger charge is -2.23. The first-order valence-electron chi connectivity index (χ1n) is 9.58. The van der Waals surface area contributed by atoms with E-state index in [0.29, 0.717) is 16.1 Å². The molecule has 142 valence electrons. The Labute approximate surface area is 172 Å². The number of thioether (sulfide) groups is 1. The standard InChI is InChI=1S/C24H18N2O2S/c27-22-18-11-5-4-8-16(18)14-15-21(22)29-24-25-20-13-7-6-12-19(20)23(28)26(24)17-9-2-1-3-10-17/h1-13,21H,14-15H2/t21-/m1/s1. The number of benzene rings is 3. The molecule has 4 aromatic rings. The fourth-order valence-corrected chi connectivity index (χ4v) is 4.97. The minimum absolute atomic E-state index is 0.110. The van der Waals surface area contributed by atoms with E-state index in [4.69, 9.17) is 4.98 Å². The predicted molar refractivity (Wildman–Crippen MR) is 116 cm³/mol. The van der Waals surface area contributed by atoms with Crippen molar-refractivity contribution >= 4 is 28.4 Å². The number of hydrogen-bond acceptors (Lipinski definition) is 4. The van der Waals surface area contributed by atoms with E-state index in [1.54, 1.807) is 10.6 Å². The number of nitrogens with zero attached hydrogens (tertiary/aromatic N) is 2. The third kappa shape index (κ3) is 3.17. The Morgan fingerprint density at radius 3 is 2.45 bits per heavy atom. The summed E-state index contributed by atoms with van der Waals surface area (Å²) in [5.41, 5.74) is 3.16. The maximum atomic E-state index is 13.3. The second kappa shape index (κ2) is 7.33. The number of para-hydroxylation sites is 2. The van der Waals surface area contributed by atoms with Crippen LogP contribution in [0.2, 0.25) is 0 Å². The predicted octanol–water partition coefficient (Wildman–Crippen LogP) is 4.68. The van der Waals surface area contributed by atoms with Crippen molar-refractivity contribution in [2.75, 3.05) is 0 Å². The highest BCUT2D eigenvalue weighted by Gasteiger charge is 2.29. The van der Waals surface area contributed by atoms with Crippen LogP contribution in [0.3, 0.4) is 0 Å². The second-order valence-electron chi connectivity index (χ2n) is 7.05. The van der Waals surface area contributed by atoms with E-state index in [9.17, 15) is 9.59 Å². The molecule has 0 N–H and O–H groups in total. The molecule has 5 heteroatoms. The van der Waals surface area contributed by atoms with Gasteiger partial charge in [-0.2, -0.15) is 0 Å². The van der Waals surface area contributed by atoms with E-state index in [1.165, 1.54) is 11.8 Å². The Bertz CT molecular complexity index is 1280. The smallest absolute Gasteiger partial charge is 0.266 e. The van der Waals surface area contributed by atoms with Crippen LogP contribution in [0.5, 0.6) is 0 Å². The number of rotatable bonds is 3. The second-order valence-corrected chi connectivity index (χ2v) is 8.22. The van der Waals surface area contributed by atoms with Crippen LogP contribution in [-0.4, -0.2) is 20.6 Å². The molecule has 0 saturated carbocycles. The molecule has 0 aliphatic heterocycles. The maximum Gasteiger partial charge on any atom is 0.266 e. The van der Waals surface area contributed by atoms with Crippen LogP contribution in [0.15, 0.2) is 88.8 Å². The van der Waals surface area contributed by atoms with E-state index in [0.717, 1.165) is 29.7 Å². The van der Waals surface area contributed by atoms with Gasteiger partial charge in [-0.25, -0.2) is 4.98 Å². The van der Waals surface area contributed by atoms with Crippen LogP contribution in [0.1, 0.15) is 22.3 Å². The molecule has 0 spiro atoms. The first kappa shape index (κ1) is 17.9. The fraction of sp³-hybridized carbons (Fsp3) is 0.125. The van der Waals surface area contributed by atoms with Gasteiger partial charge in [0, 0.05) is 5.56 Å². The average molecular weight is 398 g/mol. The summed E-state index contributed by atoms with van der Waals surface area (Å²) >= 11 is 1.39. The Morgan fingerprint density at radius 2 is 1.59 bits per heavy atom. The van der Waals surface area contributed by atoms with Gasteiger partial charge in [-0.3, -0.25) is 14.2 Å². The molecular formula is C24H18N2O2S. The van der Waals surface area contributed by atoms with E-state index in [2.05, 4.69) is 0 Å². The van der Waals surface area contributed by atoms with Gasteiger partial charge in [-0.15, -0.1) is 0 Å². The van der Waals surface area contributed by atoms with Gasteiger partial charge in [-0.05, 0) is 42.7 Å². The molecule has 1 atom stereocenters. The highest BCUT2D eigenvalue weighted by atomic mass is 32.2. The molecule has 0 saturated heterocycles. The average Bonchev–Trinajstić information content (AvgIpc) is 2.77. The van der Waals surface area contributed by atoms with Crippen LogP contribution in [0.4, 0.5) is 0 Å². The van der Waals surface area contributed by atoms with Gasteiger partial charge in [0.05, 0.1) is 21.8 Å². The molecule has 4 nitrogen and oxygen atoms in total. The summed E-state index contributed by atoms with van der Waals surface area (Å²) in [5.74, 6) is 0.110. The quantitative estimate of drug-likeness (QED) is 0.471. The highest BCUT2D eigenvalue weighted by Crippen LogP contribution is 2.33. The number of ketones is 1. The van der Waals surface area contributed by atoms with Gasteiger partial charge in [0.2, 0.25) is 0 Å². The van der Waals surface area contributed by atoms with E-state index in [-0.39, 0.29) is 16.6 Å². The largest absolute Gasteiger partial charge is 0.293 e. The number of carbonyl (C=O) groups is 1. The number of hydrogen-bond donors (Lipinski definition) is 0. The van der Waals surface area contributed by atoms with Crippen LogP contribution >= 0.6 is 11.8 Å². The zero-order valence-corrected chi connectivity index (χ0v) is 16.4. The molecule has 0 unspecified atom stereocenters. The number of aromatic nitrogens is 2. The molecule has 3 aromatic carbocycles. The number of carbonyl (C=O) groups excluding carboxylic acids is 1. The molecule has 29 heavy (non-hydrogen) atoms. The topological polar surface area (TPSA) is 52.0 Å². The van der Waals surface area contributed by atoms with Gasteiger partial charge in [0.1, 0.15) is 0 Å². The molecule has 1 aromatic heterocycles. The molecule has 1 aliphatic carbocycles. The van der Waals surface area contributed by atoms with Gasteiger partial charge < -0.3 is 0 Å². The Morgan fingerprint density at radius 1 is 0.862 bits per heavy atom. The van der Waals surface area contributed by atoms with Crippen molar-refractivity contribution in [1.82, 2.24) is 9.55 Å². The van der Waals surface area contributed by atoms with Crippen LogP contribution in [-0.2, 0) is 6.42 Å².